The van der Waals surface area contributed by atoms with E-state index >= 15 is 0 Å². The van der Waals surface area contributed by atoms with Crippen LogP contribution in [0.25, 0.3) is 0 Å². The number of nitrogens with two attached hydrogens (primary N) is 3. The number of hydrogen-bond donors (Lipinski definition) is 8. The van der Waals surface area contributed by atoms with Crippen molar-refractivity contribution in [3.05, 3.63) is 58.4 Å². The van der Waals surface area contributed by atoms with E-state index in [1.165, 1.54) is 40.1 Å². The minimum absolute atomic E-state index is 0.0534. The van der Waals surface area contributed by atoms with Gasteiger partial charge in [0, 0.05) is 28.5 Å². The highest BCUT2D eigenvalue weighted by molar-refractivity contribution is 8.01. The fraction of sp³-hybridized carbons (Fsp3) is 0.200. The first kappa shape index (κ1) is 32.1. The molecule has 1 fully saturated rings. The van der Waals surface area contributed by atoms with Crippen LogP contribution in [0.2, 0.25) is 0 Å². The standard InChI is InChI=1S/C25H23N9O9S3/c26-14-3-4-33(28)25(30-14)46-7-10-6-44-21-16(20(38)34(21)17(10)22(39)40)31-19(37)15(11-8-45-24(27)29-11)32-43-18(23(41)42)9-1-2-12(35)13(36)5-9/h1-5,8,16,18,21,26H,6-7,28H2,(H7,27,29,31,32,35,36,37,39,40,41,42)/p+1/t16-,18+,21-/m1/s1. The number of aromatic nitrogens is 3. The molecular weight excluding hydrogens is 667 g/mol. The highest BCUT2D eigenvalue weighted by Gasteiger charge is 2.54. The van der Waals surface area contributed by atoms with Crippen LogP contribution in [0.5, 0.6) is 11.5 Å². The number of amides is 2. The molecule has 0 radical (unpaired) electrons. The molecule has 4 heterocycles. The van der Waals surface area contributed by atoms with E-state index in [2.05, 4.69) is 20.4 Å². The quantitative estimate of drug-likeness (QED) is 0.0178. The Morgan fingerprint density at radius 3 is 2.61 bits per heavy atom. The number of thioether (sulfide) groups is 2. The Balaban J connectivity index is 1.35. The average Bonchev–Trinajstić information content (AvgIpc) is 3.44. The maximum absolute atomic E-state index is 13.4. The maximum Gasteiger partial charge on any atom is 0.384 e. The molecule has 11 N–H and O–H groups in total. The van der Waals surface area contributed by atoms with E-state index in [0.29, 0.717) is 10.7 Å². The largest absolute Gasteiger partial charge is 0.504 e. The van der Waals surface area contributed by atoms with E-state index < -0.39 is 58.5 Å². The predicted octanol–water partition coefficient (Wildman–Crippen LogP) is -0.807. The lowest BCUT2D eigenvalue weighted by atomic mass is 10.0. The minimum Gasteiger partial charge on any atom is -0.504 e. The Kier molecular flexibility index (Phi) is 9.07. The van der Waals surface area contributed by atoms with Crippen molar-refractivity contribution in [1.82, 2.24) is 20.2 Å². The third-order valence-corrected chi connectivity index (χ3v) is 9.59. The van der Waals surface area contributed by atoms with E-state index in [9.17, 15) is 39.6 Å². The van der Waals surface area contributed by atoms with E-state index in [4.69, 9.17) is 22.1 Å². The highest BCUT2D eigenvalue weighted by atomic mass is 32.2. The van der Waals surface area contributed by atoms with E-state index in [1.54, 1.807) is 0 Å². The molecule has 2 aliphatic heterocycles. The summed E-state index contributed by atoms with van der Waals surface area (Å²) >= 11 is 3.31. The van der Waals surface area contributed by atoms with Gasteiger partial charge in [0.1, 0.15) is 29.0 Å². The molecule has 3 atom stereocenters. The number of aliphatic carboxylic acids is 2. The van der Waals surface area contributed by atoms with Crippen LogP contribution in [0.4, 0.5) is 10.9 Å². The number of nitrogens with zero attached hydrogens (tertiary/aromatic N) is 5. The van der Waals surface area contributed by atoms with Crippen molar-refractivity contribution >= 4 is 75.3 Å². The number of nitrogens with one attached hydrogen (secondary N) is 1. The number of fused-ring (bicyclic) bond motifs is 1. The first-order chi connectivity index (χ1) is 21.8. The number of rotatable bonds is 11. The van der Waals surface area contributed by atoms with E-state index in [-0.39, 0.29) is 39.4 Å². The van der Waals surface area contributed by atoms with Gasteiger partial charge in [0.05, 0.1) is 0 Å². The number of benzene rings is 1. The van der Waals surface area contributed by atoms with Crippen molar-refractivity contribution < 1.29 is 49.1 Å². The van der Waals surface area contributed by atoms with Crippen molar-refractivity contribution in [1.29, 1.82) is 0 Å². The monoisotopic (exact) mass is 690 g/mol. The van der Waals surface area contributed by atoms with Crippen LogP contribution < -0.4 is 27.3 Å². The normalized spacial score (nSPS) is 18.4. The van der Waals surface area contributed by atoms with Gasteiger partial charge < -0.3 is 42.0 Å². The van der Waals surface area contributed by atoms with E-state index in [0.717, 1.165) is 40.1 Å². The molecule has 1 saturated heterocycles. The van der Waals surface area contributed by atoms with Gasteiger partial charge in [0.15, 0.2) is 22.3 Å². The summed E-state index contributed by atoms with van der Waals surface area (Å²) in [7, 11) is 0. The van der Waals surface area contributed by atoms with Gasteiger partial charge in [-0.05, 0) is 34.5 Å². The minimum atomic E-state index is -1.82. The molecule has 2 aliphatic rings. The summed E-state index contributed by atoms with van der Waals surface area (Å²) < 4.78 is 1.23. The SMILES string of the molecule is Nc1cc[n+](N)c(SCC2=C(C(=O)O)N3C(=O)[C@@H](NC(=O)/C(=N\O[C@H](C(=O)O)c4ccc(O)c(O)c4)c4csc(N)n4)[C@H]3SC2)n1. The van der Waals surface area contributed by atoms with Crippen LogP contribution in [-0.4, -0.2) is 87.7 Å². The second-order valence-electron chi connectivity index (χ2n) is 9.53. The number of carbonyl (C=O) groups is 4. The van der Waals surface area contributed by atoms with Gasteiger partial charge in [0.25, 0.3) is 11.8 Å². The number of phenolic OH excluding ortho intramolecular Hbond substituents is 2. The van der Waals surface area contributed by atoms with Gasteiger partial charge in [0.2, 0.25) is 11.9 Å². The number of anilines is 2. The molecule has 18 nitrogen and oxygen atoms in total. The molecule has 5 rings (SSSR count). The Labute approximate surface area is 270 Å². The lowest BCUT2D eigenvalue weighted by Gasteiger charge is -2.49. The molecule has 3 aromatic rings. The van der Waals surface area contributed by atoms with Gasteiger partial charge in [-0.25, -0.2) is 14.6 Å². The number of thiazole rings is 1. The predicted molar refractivity (Wildman–Crippen MR) is 164 cm³/mol. The summed E-state index contributed by atoms with van der Waals surface area (Å²) in [6, 6.07) is 3.49. The van der Waals surface area contributed by atoms with Crippen molar-refractivity contribution in [2.24, 2.45) is 5.16 Å². The van der Waals surface area contributed by atoms with Crippen molar-refractivity contribution in [3.8, 4) is 11.5 Å². The lowest BCUT2D eigenvalue weighted by Crippen LogP contribution is -2.71. The van der Waals surface area contributed by atoms with Crippen molar-refractivity contribution in [2.45, 2.75) is 22.7 Å². The molecule has 0 aliphatic carbocycles. The topological polar surface area (TPSA) is 294 Å². The third kappa shape index (κ3) is 6.41. The van der Waals surface area contributed by atoms with Gasteiger partial charge in [-0.2, -0.15) is 0 Å². The summed E-state index contributed by atoms with van der Waals surface area (Å²) in [4.78, 5) is 65.3. The second-order valence-corrected chi connectivity index (χ2v) is 12.5. The summed E-state index contributed by atoms with van der Waals surface area (Å²) in [5, 5.41) is 46.2. The smallest absolute Gasteiger partial charge is 0.384 e. The number of phenols is 2. The zero-order chi connectivity index (χ0) is 33.3. The molecule has 2 aromatic heterocycles. The summed E-state index contributed by atoms with van der Waals surface area (Å²) in [5.41, 5.74) is 10.9. The fourth-order valence-corrected chi connectivity index (χ4v) is 7.29. The first-order valence-corrected chi connectivity index (χ1v) is 15.7. The molecule has 0 spiro atoms. The zero-order valence-electron chi connectivity index (χ0n) is 23.1. The molecular formula is C25H24N9O9S3+. The maximum atomic E-state index is 13.4. The number of β-lactam (4-membered cyclic amide) rings is 1. The van der Waals surface area contributed by atoms with Crippen molar-refractivity contribution in [2.75, 3.05) is 28.8 Å². The first-order valence-electron chi connectivity index (χ1n) is 12.8. The Hall–Kier alpha value is -5.28. The molecule has 2 amide bonds. The number of hydrogen-bond acceptors (Lipinski definition) is 16. The van der Waals surface area contributed by atoms with Crippen LogP contribution in [-0.2, 0) is 24.0 Å². The Morgan fingerprint density at radius 2 is 1.96 bits per heavy atom. The number of carbonyl (C=O) groups excluding carboxylic acids is 2. The lowest BCUT2D eigenvalue weighted by molar-refractivity contribution is -0.682. The number of aromatic hydroxyl groups is 2. The number of nitrogen functional groups attached to an aromatic ring is 3. The van der Waals surface area contributed by atoms with Gasteiger partial charge in [-0.3, -0.25) is 20.3 Å². The zero-order valence-corrected chi connectivity index (χ0v) is 25.6. The average molecular weight is 691 g/mol. The van der Waals surface area contributed by atoms with Crippen LogP contribution in [0.1, 0.15) is 17.4 Å². The number of carboxylic acid groups (broad SMARTS) is 2. The summed E-state index contributed by atoms with van der Waals surface area (Å²) in [6.45, 7) is 0. The molecule has 0 saturated carbocycles. The van der Waals surface area contributed by atoms with Gasteiger partial charge in [-0.15, -0.1) is 27.8 Å². The Bertz CT molecular complexity index is 1820. The van der Waals surface area contributed by atoms with Crippen LogP contribution >= 0.6 is 34.9 Å². The number of carboxylic acids is 2. The van der Waals surface area contributed by atoms with Gasteiger partial charge in [-0.1, -0.05) is 11.2 Å². The van der Waals surface area contributed by atoms with Crippen molar-refractivity contribution in [3.63, 3.8) is 0 Å². The fourth-order valence-electron chi connectivity index (χ4n) is 4.35. The molecule has 21 heteroatoms. The molecule has 0 bridgehead atoms. The number of oxime groups is 1. The van der Waals surface area contributed by atoms with Gasteiger partial charge >= 0.3 is 17.1 Å². The molecule has 1 aromatic carbocycles. The summed E-state index contributed by atoms with van der Waals surface area (Å²) in [5.74, 6) is 0.754. The molecule has 240 valence electrons. The highest BCUT2D eigenvalue weighted by Crippen LogP contribution is 2.41. The van der Waals surface area contributed by atoms with Crippen LogP contribution in [0.3, 0.4) is 0 Å². The van der Waals surface area contributed by atoms with Crippen LogP contribution in [0.15, 0.2) is 57.4 Å². The molecule has 0 unspecified atom stereocenters. The Morgan fingerprint density at radius 1 is 1.20 bits per heavy atom. The molecule has 46 heavy (non-hydrogen) atoms. The second kappa shape index (κ2) is 13.0. The van der Waals surface area contributed by atoms with Crippen LogP contribution in [0, 0.1) is 0 Å². The summed E-state index contributed by atoms with van der Waals surface area (Å²) in [6.07, 6.45) is -0.326. The third-order valence-electron chi connectivity index (χ3n) is 6.52. The van der Waals surface area contributed by atoms with E-state index in [1.807, 2.05) is 0 Å².